The second-order valence-electron chi connectivity index (χ2n) is 6.32. The van der Waals surface area contributed by atoms with Gasteiger partial charge in [-0.15, -0.1) is 0 Å². The van der Waals surface area contributed by atoms with Crippen LogP contribution >= 0.6 is 0 Å². The van der Waals surface area contributed by atoms with Gasteiger partial charge < -0.3 is 10.1 Å². The molecule has 1 heterocycles. The van der Waals surface area contributed by atoms with E-state index in [0.29, 0.717) is 0 Å². The number of nitrogens with one attached hydrogen (secondary N) is 1. The number of piperidine rings is 1. The van der Waals surface area contributed by atoms with Crippen LogP contribution in [-0.4, -0.2) is 32.1 Å². The summed E-state index contributed by atoms with van der Waals surface area (Å²) in [7, 11) is 3.75. The zero-order valence-corrected chi connectivity index (χ0v) is 13.3. The van der Waals surface area contributed by atoms with Crippen molar-refractivity contribution in [2.75, 3.05) is 27.2 Å². The van der Waals surface area contributed by atoms with Gasteiger partial charge >= 0.3 is 0 Å². The van der Waals surface area contributed by atoms with Gasteiger partial charge in [0.1, 0.15) is 5.75 Å². The molecule has 1 aliphatic rings. The minimum Gasteiger partial charge on any atom is -0.496 e. The van der Waals surface area contributed by atoms with Crippen molar-refractivity contribution in [3.63, 3.8) is 0 Å². The maximum absolute atomic E-state index is 5.53. The molecule has 0 amide bonds. The first kappa shape index (κ1) is 15.3. The Morgan fingerprint density at radius 3 is 2.55 bits per heavy atom. The highest BCUT2D eigenvalue weighted by molar-refractivity contribution is 5.37. The Morgan fingerprint density at radius 1 is 1.25 bits per heavy atom. The monoisotopic (exact) mass is 276 g/mol. The highest BCUT2D eigenvalue weighted by atomic mass is 16.5. The first-order valence-electron chi connectivity index (χ1n) is 7.65. The molecule has 3 nitrogen and oxygen atoms in total. The van der Waals surface area contributed by atoms with Gasteiger partial charge in [0.25, 0.3) is 0 Å². The topological polar surface area (TPSA) is 24.5 Å². The molecule has 0 spiro atoms. The smallest absolute Gasteiger partial charge is 0.123 e. The van der Waals surface area contributed by atoms with Crippen LogP contribution in [-0.2, 0) is 13.1 Å². The van der Waals surface area contributed by atoms with Crippen molar-refractivity contribution in [3.05, 3.63) is 29.3 Å². The van der Waals surface area contributed by atoms with Crippen LogP contribution in [0.15, 0.2) is 18.2 Å². The Morgan fingerprint density at radius 2 is 1.95 bits per heavy atom. The number of ether oxygens (including phenoxy) is 1. The quantitative estimate of drug-likeness (QED) is 0.895. The summed E-state index contributed by atoms with van der Waals surface area (Å²) in [5.74, 6) is 2.60. The van der Waals surface area contributed by atoms with Crippen LogP contribution in [0.2, 0.25) is 0 Å². The maximum Gasteiger partial charge on any atom is 0.123 e. The summed E-state index contributed by atoms with van der Waals surface area (Å²) in [6.07, 6.45) is 1.35. The molecule has 3 heteroatoms. The lowest BCUT2D eigenvalue weighted by Crippen LogP contribution is -2.38. The average Bonchev–Trinajstić information content (AvgIpc) is 2.38. The molecule has 1 fully saturated rings. The van der Waals surface area contributed by atoms with Crippen LogP contribution in [0.4, 0.5) is 0 Å². The van der Waals surface area contributed by atoms with Crippen molar-refractivity contribution in [2.24, 2.45) is 11.8 Å². The molecule has 112 valence electrons. The standard InChI is InChI=1S/C17H28N2O/c1-13-7-14(2)11-19(10-13)12-16-8-15(9-18-3)5-6-17(16)20-4/h5-6,8,13-14,18H,7,9-12H2,1-4H3. The molecule has 2 unspecified atom stereocenters. The predicted octanol–water partition coefficient (Wildman–Crippen LogP) is 2.89. The third kappa shape index (κ3) is 3.97. The summed E-state index contributed by atoms with van der Waals surface area (Å²) < 4.78 is 5.53. The van der Waals surface area contributed by atoms with Crippen LogP contribution in [0.3, 0.4) is 0 Å². The maximum atomic E-state index is 5.53. The van der Waals surface area contributed by atoms with Crippen molar-refractivity contribution in [3.8, 4) is 5.75 Å². The highest BCUT2D eigenvalue weighted by Crippen LogP contribution is 2.26. The molecule has 0 saturated carbocycles. The summed E-state index contributed by atoms with van der Waals surface area (Å²) in [6, 6.07) is 6.51. The van der Waals surface area contributed by atoms with Crippen molar-refractivity contribution in [1.82, 2.24) is 10.2 Å². The molecule has 2 rings (SSSR count). The number of rotatable bonds is 5. The third-order valence-corrected chi connectivity index (χ3v) is 4.06. The zero-order chi connectivity index (χ0) is 14.5. The minimum atomic E-state index is 0.797. The summed E-state index contributed by atoms with van der Waals surface area (Å²) in [6.45, 7) is 9.02. The first-order chi connectivity index (χ1) is 9.62. The fourth-order valence-corrected chi connectivity index (χ4v) is 3.43. The van der Waals surface area contributed by atoms with Gasteiger partial charge in [0, 0.05) is 31.7 Å². The van der Waals surface area contributed by atoms with E-state index in [9.17, 15) is 0 Å². The van der Waals surface area contributed by atoms with E-state index in [1.807, 2.05) is 7.05 Å². The number of nitrogens with zero attached hydrogens (tertiary/aromatic N) is 1. The molecule has 1 aliphatic heterocycles. The SMILES string of the molecule is CNCc1ccc(OC)c(CN2CC(C)CC(C)C2)c1. The average molecular weight is 276 g/mol. The molecule has 0 aliphatic carbocycles. The van der Waals surface area contributed by atoms with Crippen molar-refractivity contribution in [1.29, 1.82) is 0 Å². The Labute approximate surface area is 123 Å². The number of likely N-dealkylation sites (tertiary alicyclic amines) is 1. The molecule has 0 bridgehead atoms. The number of methoxy groups -OCH3 is 1. The summed E-state index contributed by atoms with van der Waals surface area (Å²) in [5.41, 5.74) is 2.63. The van der Waals surface area contributed by atoms with Crippen LogP contribution in [0.25, 0.3) is 0 Å². The van der Waals surface area contributed by atoms with Gasteiger partial charge in [-0.2, -0.15) is 0 Å². The first-order valence-corrected chi connectivity index (χ1v) is 7.65. The lowest BCUT2D eigenvalue weighted by molar-refractivity contribution is 0.133. The summed E-state index contributed by atoms with van der Waals surface area (Å²) in [5, 5.41) is 3.21. The summed E-state index contributed by atoms with van der Waals surface area (Å²) >= 11 is 0. The van der Waals surface area contributed by atoms with Crippen molar-refractivity contribution >= 4 is 0 Å². The fraction of sp³-hybridized carbons (Fsp3) is 0.647. The summed E-state index contributed by atoms with van der Waals surface area (Å²) in [4.78, 5) is 2.57. The Hall–Kier alpha value is -1.06. The number of hydrogen-bond acceptors (Lipinski definition) is 3. The second-order valence-corrected chi connectivity index (χ2v) is 6.32. The van der Waals surface area contributed by atoms with Gasteiger partial charge in [0.05, 0.1) is 7.11 Å². The van der Waals surface area contributed by atoms with Crippen LogP contribution in [0, 0.1) is 11.8 Å². The fourth-order valence-electron chi connectivity index (χ4n) is 3.43. The largest absolute Gasteiger partial charge is 0.496 e. The van der Waals surface area contributed by atoms with Gasteiger partial charge in [-0.1, -0.05) is 19.9 Å². The molecule has 1 aromatic rings. The van der Waals surface area contributed by atoms with E-state index in [1.54, 1.807) is 7.11 Å². The van der Waals surface area contributed by atoms with E-state index < -0.39 is 0 Å². The molecule has 20 heavy (non-hydrogen) atoms. The molecule has 1 N–H and O–H groups in total. The Bertz CT molecular complexity index is 423. The molecular weight excluding hydrogens is 248 g/mol. The lowest BCUT2D eigenvalue weighted by Gasteiger charge is -2.35. The van der Waals surface area contributed by atoms with Crippen LogP contribution in [0.1, 0.15) is 31.4 Å². The Balaban J connectivity index is 2.12. The van der Waals surface area contributed by atoms with E-state index in [-0.39, 0.29) is 0 Å². The minimum absolute atomic E-state index is 0.797. The number of hydrogen-bond donors (Lipinski definition) is 1. The van der Waals surface area contributed by atoms with E-state index in [2.05, 4.69) is 42.3 Å². The van der Waals surface area contributed by atoms with E-state index in [1.165, 1.54) is 30.6 Å². The predicted molar refractivity (Wildman–Crippen MR) is 84.0 cm³/mol. The second kappa shape index (κ2) is 7.09. The van der Waals surface area contributed by atoms with Gasteiger partial charge in [-0.05, 0) is 43.0 Å². The highest BCUT2D eigenvalue weighted by Gasteiger charge is 2.22. The Kier molecular flexibility index (Phi) is 5.44. The van der Waals surface area contributed by atoms with Gasteiger partial charge in [0.15, 0.2) is 0 Å². The van der Waals surface area contributed by atoms with Crippen molar-refractivity contribution in [2.45, 2.75) is 33.4 Å². The van der Waals surface area contributed by atoms with E-state index in [0.717, 1.165) is 30.7 Å². The van der Waals surface area contributed by atoms with E-state index in [4.69, 9.17) is 4.74 Å². The van der Waals surface area contributed by atoms with Crippen LogP contribution < -0.4 is 10.1 Å². The van der Waals surface area contributed by atoms with Gasteiger partial charge in [-0.25, -0.2) is 0 Å². The molecule has 2 atom stereocenters. The van der Waals surface area contributed by atoms with Crippen molar-refractivity contribution < 1.29 is 4.74 Å². The lowest BCUT2D eigenvalue weighted by atomic mass is 9.91. The normalized spacial score (nSPS) is 23.8. The third-order valence-electron chi connectivity index (χ3n) is 4.06. The van der Waals surface area contributed by atoms with Gasteiger partial charge in [0.2, 0.25) is 0 Å². The molecular formula is C17H28N2O. The molecule has 0 aromatic heterocycles. The molecule has 1 aromatic carbocycles. The van der Waals surface area contributed by atoms with Gasteiger partial charge in [-0.3, -0.25) is 4.90 Å². The van der Waals surface area contributed by atoms with Crippen LogP contribution in [0.5, 0.6) is 5.75 Å². The van der Waals surface area contributed by atoms with E-state index >= 15 is 0 Å². The molecule has 0 radical (unpaired) electrons. The zero-order valence-electron chi connectivity index (χ0n) is 13.3. The number of benzene rings is 1. The molecule has 1 saturated heterocycles.